The van der Waals surface area contributed by atoms with Gasteiger partial charge in [-0.1, -0.05) is 0 Å². The Morgan fingerprint density at radius 2 is 2.53 bits per heavy atom. The lowest BCUT2D eigenvalue weighted by Gasteiger charge is -2.19. The normalized spacial score (nSPS) is 19.2. The summed E-state index contributed by atoms with van der Waals surface area (Å²) in [7, 11) is 0. The van der Waals surface area contributed by atoms with Gasteiger partial charge in [0.1, 0.15) is 5.69 Å². The van der Waals surface area contributed by atoms with Crippen LogP contribution >= 0.6 is 0 Å². The number of ether oxygens (including phenoxy) is 1. The third-order valence-electron chi connectivity index (χ3n) is 2.38. The third-order valence-corrected chi connectivity index (χ3v) is 2.38. The van der Waals surface area contributed by atoms with Crippen molar-refractivity contribution in [3.05, 3.63) is 11.4 Å². The number of H-pyrrole nitrogens is 1. The van der Waals surface area contributed by atoms with Gasteiger partial charge in [0.2, 0.25) is 0 Å². The summed E-state index contributed by atoms with van der Waals surface area (Å²) in [5, 5.41) is 9.80. The molecule has 0 amide bonds. The third kappa shape index (κ3) is 1.68. The zero-order valence-corrected chi connectivity index (χ0v) is 8.54. The van der Waals surface area contributed by atoms with Crippen molar-refractivity contribution in [2.75, 3.05) is 18.5 Å². The summed E-state index contributed by atoms with van der Waals surface area (Å²) in [6.45, 7) is 2.86. The first-order valence-corrected chi connectivity index (χ1v) is 4.99. The maximum Gasteiger partial charge on any atom is 0.358 e. The van der Waals surface area contributed by atoms with Gasteiger partial charge in [-0.2, -0.15) is 5.10 Å². The number of carbonyl (C=O) groups excluding carboxylic acids is 1. The van der Waals surface area contributed by atoms with E-state index in [9.17, 15) is 4.79 Å². The first kappa shape index (κ1) is 9.97. The summed E-state index contributed by atoms with van der Waals surface area (Å²) >= 11 is 0. The van der Waals surface area contributed by atoms with Crippen molar-refractivity contribution in [2.45, 2.75) is 19.4 Å². The smallest absolute Gasteiger partial charge is 0.358 e. The van der Waals surface area contributed by atoms with Crippen molar-refractivity contribution in [2.24, 2.45) is 5.73 Å². The molecule has 0 aliphatic carbocycles. The minimum atomic E-state index is -0.396. The van der Waals surface area contributed by atoms with Gasteiger partial charge in [0.25, 0.3) is 0 Å². The molecule has 4 N–H and O–H groups in total. The summed E-state index contributed by atoms with van der Waals surface area (Å²) in [6, 6.07) is -0.110. The predicted octanol–water partition coefficient (Wildman–Crippen LogP) is 0.402. The molecule has 1 aromatic rings. The second kappa shape index (κ2) is 3.90. The zero-order valence-electron chi connectivity index (χ0n) is 8.54. The van der Waals surface area contributed by atoms with Gasteiger partial charge in [-0.3, -0.25) is 5.10 Å². The monoisotopic (exact) mass is 210 g/mol. The number of anilines is 1. The van der Waals surface area contributed by atoms with Crippen LogP contribution < -0.4 is 11.1 Å². The van der Waals surface area contributed by atoms with Gasteiger partial charge in [-0.25, -0.2) is 4.79 Å². The van der Waals surface area contributed by atoms with Crippen LogP contribution in [0.1, 0.15) is 35.6 Å². The number of nitrogens with zero attached hydrogens (tertiary/aromatic N) is 1. The van der Waals surface area contributed by atoms with Crippen molar-refractivity contribution in [1.29, 1.82) is 0 Å². The van der Waals surface area contributed by atoms with Crippen molar-refractivity contribution in [3.63, 3.8) is 0 Å². The van der Waals surface area contributed by atoms with Gasteiger partial charge in [0.05, 0.1) is 18.3 Å². The van der Waals surface area contributed by atoms with Crippen LogP contribution in [0.5, 0.6) is 0 Å². The highest BCUT2D eigenvalue weighted by Crippen LogP contribution is 2.29. The van der Waals surface area contributed by atoms with E-state index in [2.05, 4.69) is 15.5 Å². The molecule has 1 aromatic heterocycles. The minimum absolute atomic E-state index is 0.110. The highest BCUT2D eigenvalue weighted by atomic mass is 16.5. The van der Waals surface area contributed by atoms with Crippen LogP contribution in [0.25, 0.3) is 0 Å². The fraction of sp³-hybridized carbons (Fsp3) is 0.556. The molecule has 1 aliphatic heterocycles. The lowest BCUT2D eigenvalue weighted by atomic mass is 10.1. The largest absolute Gasteiger partial charge is 0.461 e. The average Bonchev–Trinajstić information content (AvgIpc) is 2.63. The van der Waals surface area contributed by atoms with E-state index >= 15 is 0 Å². The standard InChI is InChI=1S/C9H14N4O2/c1-2-15-9(14)8-7-6(12-13-8)5(10)3-4-11-7/h5,11H,2-4,10H2,1H3,(H,12,13)/t5-/m1/s1. The van der Waals surface area contributed by atoms with E-state index in [0.29, 0.717) is 23.7 Å². The summed E-state index contributed by atoms with van der Waals surface area (Å²) in [5.41, 5.74) is 7.62. The highest BCUT2D eigenvalue weighted by molar-refractivity contribution is 5.94. The van der Waals surface area contributed by atoms with E-state index in [-0.39, 0.29) is 6.04 Å². The molecular weight excluding hydrogens is 196 g/mol. The van der Waals surface area contributed by atoms with E-state index in [0.717, 1.165) is 13.0 Å². The Labute approximate surface area is 87.2 Å². The van der Waals surface area contributed by atoms with Gasteiger partial charge in [-0.15, -0.1) is 0 Å². The Hall–Kier alpha value is -1.56. The van der Waals surface area contributed by atoms with E-state index in [1.54, 1.807) is 6.92 Å². The molecule has 2 heterocycles. The molecule has 15 heavy (non-hydrogen) atoms. The summed E-state index contributed by atoms with van der Waals surface area (Å²) in [4.78, 5) is 11.5. The number of carbonyl (C=O) groups is 1. The number of esters is 1. The maximum atomic E-state index is 11.5. The topological polar surface area (TPSA) is 93.0 Å². The first-order valence-electron chi connectivity index (χ1n) is 4.99. The molecule has 0 radical (unpaired) electrons. The maximum absolute atomic E-state index is 11.5. The molecule has 0 saturated heterocycles. The number of aromatic nitrogens is 2. The van der Waals surface area contributed by atoms with E-state index in [4.69, 9.17) is 10.5 Å². The molecule has 82 valence electrons. The molecular formula is C9H14N4O2. The van der Waals surface area contributed by atoms with Crippen molar-refractivity contribution in [1.82, 2.24) is 10.2 Å². The zero-order chi connectivity index (χ0) is 10.8. The Balaban J connectivity index is 2.30. The van der Waals surface area contributed by atoms with E-state index in [1.807, 2.05) is 0 Å². The molecule has 0 spiro atoms. The van der Waals surface area contributed by atoms with Gasteiger partial charge in [-0.05, 0) is 13.3 Å². The van der Waals surface area contributed by atoms with Gasteiger partial charge in [0, 0.05) is 6.54 Å². The lowest BCUT2D eigenvalue weighted by Crippen LogP contribution is -2.23. The van der Waals surface area contributed by atoms with Crippen molar-refractivity contribution in [3.8, 4) is 0 Å². The fourth-order valence-electron chi connectivity index (χ4n) is 1.64. The predicted molar refractivity (Wildman–Crippen MR) is 54.6 cm³/mol. The van der Waals surface area contributed by atoms with Crippen LogP contribution in [-0.4, -0.2) is 29.3 Å². The first-order chi connectivity index (χ1) is 7.24. The SMILES string of the molecule is CCOC(=O)c1[nH]nc2c1NCC[C@H]2N. The Bertz CT molecular complexity index is 374. The molecule has 0 unspecified atom stereocenters. The second-order valence-electron chi connectivity index (χ2n) is 3.40. The summed E-state index contributed by atoms with van der Waals surface area (Å²) in [6.07, 6.45) is 0.820. The number of fused-ring (bicyclic) bond motifs is 1. The van der Waals surface area contributed by atoms with Crippen LogP contribution in [0.15, 0.2) is 0 Å². The van der Waals surface area contributed by atoms with Gasteiger partial charge < -0.3 is 15.8 Å². The minimum Gasteiger partial charge on any atom is -0.461 e. The molecule has 6 heteroatoms. The molecule has 0 saturated carbocycles. The van der Waals surface area contributed by atoms with Crippen LogP contribution in [-0.2, 0) is 4.74 Å². The molecule has 0 aromatic carbocycles. The lowest BCUT2D eigenvalue weighted by molar-refractivity contribution is 0.0520. The van der Waals surface area contributed by atoms with Gasteiger partial charge >= 0.3 is 5.97 Å². The van der Waals surface area contributed by atoms with Crippen LogP contribution in [0, 0.1) is 0 Å². The van der Waals surface area contributed by atoms with E-state index in [1.165, 1.54) is 0 Å². The van der Waals surface area contributed by atoms with Crippen molar-refractivity contribution < 1.29 is 9.53 Å². The molecule has 2 rings (SSSR count). The van der Waals surface area contributed by atoms with Crippen LogP contribution in [0.2, 0.25) is 0 Å². The molecule has 0 bridgehead atoms. The second-order valence-corrected chi connectivity index (χ2v) is 3.40. The summed E-state index contributed by atoms with van der Waals surface area (Å²) < 4.78 is 4.90. The Kier molecular flexibility index (Phi) is 2.59. The molecule has 0 fully saturated rings. The Morgan fingerprint density at radius 1 is 1.73 bits per heavy atom. The number of aromatic amines is 1. The molecule has 1 aliphatic rings. The molecule has 6 nitrogen and oxygen atoms in total. The quantitative estimate of drug-likeness (QED) is 0.614. The van der Waals surface area contributed by atoms with Crippen molar-refractivity contribution >= 4 is 11.7 Å². The van der Waals surface area contributed by atoms with Crippen LogP contribution in [0.3, 0.4) is 0 Å². The number of hydrogen-bond acceptors (Lipinski definition) is 5. The number of nitrogens with two attached hydrogens (primary N) is 1. The summed E-state index contributed by atoms with van der Waals surface area (Å²) in [5.74, 6) is -0.396. The van der Waals surface area contributed by atoms with Gasteiger partial charge in [0.15, 0.2) is 5.69 Å². The van der Waals surface area contributed by atoms with E-state index < -0.39 is 5.97 Å². The van der Waals surface area contributed by atoms with Crippen LogP contribution in [0.4, 0.5) is 5.69 Å². The Morgan fingerprint density at radius 3 is 3.27 bits per heavy atom. The average molecular weight is 210 g/mol. The molecule has 1 atom stereocenters. The highest BCUT2D eigenvalue weighted by Gasteiger charge is 2.26. The fourth-order valence-corrected chi connectivity index (χ4v) is 1.64. The number of rotatable bonds is 2. The number of hydrogen-bond donors (Lipinski definition) is 3. The number of nitrogens with one attached hydrogen (secondary N) is 2.